The summed E-state index contributed by atoms with van der Waals surface area (Å²) in [6.45, 7) is 0. The molecule has 2 aromatic heterocycles. The number of anilines is 3. The van der Waals surface area contributed by atoms with Crippen LogP contribution in [0.2, 0.25) is 0 Å². The third-order valence-electron chi connectivity index (χ3n) is 14.5. The lowest BCUT2D eigenvalue weighted by atomic mass is 9.67. The number of para-hydroxylation sites is 3. The highest BCUT2D eigenvalue weighted by Gasteiger charge is 2.46. The number of hydrogen-bond acceptors (Lipinski definition) is 2. The van der Waals surface area contributed by atoms with E-state index in [4.69, 9.17) is 4.42 Å². The van der Waals surface area contributed by atoms with E-state index in [1.807, 2.05) is 12.1 Å². The zero-order valence-electron chi connectivity index (χ0n) is 37.1. The molecule has 68 heavy (non-hydrogen) atoms. The highest BCUT2D eigenvalue weighted by atomic mass is 16.3. The molecule has 3 nitrogen and oxygen atoms in total. The lowest BCUT2D eigenvalue weighted by molar-refractivity contribution is 0.669. The van der Waals surface area contributed by atoms with E-state index in [2.05, 4.69) is 252 Å². The lowest BCUT2D eigenvalue weighted by Gasteiger charge is -2.35. The summed E-state index contributed by atoms with van der Waals surface area (Å²) in [7, 11) is 0. The molecule has 0 amide bonds. The van der Waals surface area contributed by atoms with Crippen molar-refractivity contribution in [3.05, 3.63) is 277 Å². The van der Waals surface area contributed by atoms with E-state index in [-0.39, 0.29) is 0 Å². The number of benzene rings is 11. The van der Waals surface area contributed by atoms with Gasteiger partial charge in [-0.2, -0.15) is 0 Å². The smallest absolute Gasteiger partial charge is 0.135 e. The summed E-state index contributed by atoms with van der Waals surface area (Å²) in [5.41, 5.74) is 17.9. The van der Waals surface area contributed by atoms with Gasteiger partial charge < -0.3 is 13.9 Å². The maximum Gasteiger partial charge on any atom is 0.135 e. The Morgan fingerprint density at radius 2 is 0.971 bits per heavy atom. The molecule has 1 aliphatic rings. The van der Waals surface area contributed by atoms with Crippen molar-refractivity contribution >= 4 is 71.6 Å². The van der Waals surface area contributed by atoms with Crippen molar-refractivity contribution in [1.29, 1.82) is 0 Å². The summed E-state index contributed by atoms with van der Waals surface area (Å²) in [5.74, 6) is 0. The zero-order valence-corrected chi connectivity index (χ0v) is 37.1. The summed E-state index contributed by atoms with van der Waals surface area (Å²) in [5, 5.41) is 7.03. The molecule has 3 heteroatoms. The molecule has 0 aliphatic heterocycles. The third kappa shape index (κ3) is 5.60. The first-order valence-corrected chi connectivity index (χ1v) is 23.4. The van der Waals surface area contributed by atoms with Gasteiger partial charge in [-0.15, -0.1) is 0 Å². The number of nitrogens with zero attached hydrogens (tertiary/aromatic N) is 2. The van der Waals surface area contributed by atoms with Crippen molar-refractivity contribution in [2.45, 2.75) is 5.41 Å². The standard InChI is InChI=1S/C65H42N2O/c1-3-20-45(21-4-1)65(46-22-5-2-6-23-46)57-29-13-9-26-51(57)52-37-35-48(42-58(52)65)67(60-32-17-19-43-18-7-8-24-49(43)60)59-30-14-10-25-50(59)44-34-38-62-55(40-44)53-27-11-15-31-61(53)66(62)47-36-39-64-56(41-47)54-28-12-16-33-63(54)68-64/h1-42H. The molecular formula is C65H42N2O. The Labute approximate surface area is 394 Å². The van der Waals surface area contributed by atoms with Crippen molar-refractivity contribution in [3.8, 4) is 27.9 Å². The molecule has 13 aromatic rings. The number of aromatic nitrogens is 1. The fraction of sp³-hybridized carbons (Fsp3) is 0.0154. The van der Waals surface area contributed by atoms with Gasteiger partial charge in [-0.05, 0) is 111 Å². The first kappa shape index (κ1) is 38.4. The minimum atomic E-state index is -0.539. The molecule has 0 spiro atoms. The van der Waals surface area contributed by atoms with Crippen molar-refractivity contribution in [3.63, 3.8) is 0 Å². The minimum absolute atomic E-state index is 0.539. The van der Waals surface area contributed by atoms with Crippen molar-refractivity contribution < 1.29 is 4.42 Å². The van der Waals surface area contributed by atoms with Crippen LogP contribution in [0, 0.1) is 0 Å². The van der Waals surface area contributed by atoms with E-state index >= 15 is 0 Å². The van der Waals surface area contributed by atoms with Crippen LogP contribution in [0.15, 0.2) is 259 Å². The molecule has 0 saturated heterocycles. The average molecular weight is 867 g/mol. The maximum absolute atomic E-state index is 6.26. The van der Waals surface area contributed by atoms with Crippen LogP contribution in [-0.4, -0.2) is 4.57 Å². The molecule has 1 aliphatic carbocycles. The van der Waals surface area contributed by atoms with Crippen LogP contribution in [0.1, 0.15) is 22.3 Å². The Morgan fingerprint density at radius 1 is 0.353 bits per heavy atom. The van der Waals surface area contributed by atoms with Gasteiger partial charge >= 0.3 is 0 Å². The van der Waals surface area contributed by atoms with Gasteiger partial charge in [0, 0.05) is 43.9 Å². The second-order valence-electron chi connectivity index (χ2n) is 18.0. The molecule has 14 rings (SSSR count). The Kier molecular flexibility index (Phi) is 8.50. The minimum Gasteiger partial charge on any atom is -0.456 e. The molecule has 2 heterocycles. The van der Waals surface area contributed by atoms with Crippen molar-refractivity contribution in [1.82, 2.24) is 4.57 Å². The number of hydrogen-bond donors (Lipinski definition) is 0. The van der Waals surface area contributed by atoms with E-state index in [9.17, 15) is 0 Å². The fourth-order valence-corrected chi connectivity index (χ4v) is 11.6. The summed E-state index contributed by atoms with van der Waals surface area (Å²) in [6, 6.07) is 93.4. The summed E-state index contributed by atoms with van der Waals surface area (Å²) >= 11 is 0. The normalized spacial score (nSPS) is 12.8. The molecule has 0 fully saturated rings. The Bertz CT molecular complexity index is 4060. The number of furan rings is 1. The van der Waals surface area contributed by atoms with Crippen LogP contribution in [0.5, 0.6) is 0 Å². The van der Waals surface area contributed by atoms with Crippen molar-refractivity contribution in [2.24, 2.45) is 0 Å². The zero-order chi connectivity index (χ0) is 44.8. The molecule has 318 valence electrons. The molecule has 0 atom stereocenters. The number of rotatable bonds is 7. The largest absolute Gasteiger partial charge is 0.456 e. The van der Waals surface area contributed by atoms with Crippen LogP contribution in [0.4, 0.5) is 17.1 Å². The van der Waals surface area contributed by atoms with E-state index in [0.29, 0.717) is 0 Å². The predicted molar refractivity (Wildman–Crippen MR) is 283 cm³/mol. The molecule has 11 aromatic carbocycles. The van der Waals surface area contributed by atoms with Gasteiger partial charge in [-0.25, -0.2) is 0 Å². The summed E-state index contributed by atoms with van der Waals surface area (Å²) in [6.07, 6.45) is 0. The molecule has 0 radical (unpaired) electrons. The monoisotopic (exact) mass is 866 g/mol. The van der Waals surface area contributed by atoms with E-state index < -0.39 is 5.41 Å². The van der Waals surface area contributed by atoms with E-state index in [1.54, 1.807) is 0 Å². The van der Waals surface area contributed by atoms with Gasteiger partial charge in [0.1, 0.15) is 11.2 Å². The predicted octanol–water partition coefficient (Wildman–Crippen LogP) is 17.3. The molecule has 0 unspecified atom stereocenters. The van der Waals surface area contributed by atoms with Gasteiger partial charge in [0.15, 0.2) is 0 Å². The second-order valence-corrected chi connectivity index (χ2v) is 18.0. The molecule has 0 saturated carbocycles. The van der Waals surface area contributed by atoms with Crippen LogP contribution in [-0.2, 0) is 5.41 Å². The van der Waals surface area contributed by atoms with Gasteiger partial charge in [-0.1, -0.05) is 188 Å². The molecule has 0 N–H and O–H groups in total. The Balaban J connectivity index is 0.998. The SMILES string of the molecule is c1ccc(C2(c3ccccc3)c3ccccc3-c3ccc(N(c4ccccc4-c4ccc5c(c4)c4ccccc4n5-c4ccc5oc6ccccc6c5c4)c4cccc5ccccc45)cc32)cc1. The highest BCUT2D eigenvalue weighted by Crippen LogP contribution is 2.58. The fourth-order valence-electron chi connectivity index (χ4n) is 11.6. The van der Waals surface area contributed by atoms with Gasteiger partial charge in [0.2, 0.25) is 0 Å². The second kappa shape index (κ2) is 15.1. The van der Waals surface area contributed by atoms with Gasteiger partial charge in [0.25, 0.3) is 0 Å². The van der Waals surface area contributed by atoms with Crippen LogP contribution in [0.25, 0.3) is 82.5 Å². The Morgan fingerprint density at radius 3 is 1.81 bits per heavy atom. The summed E-state index contributed by atoms with van der Waals surface area (Å²) in [4.78, 5) is 2.50. The quantitative estimate of drug-likeness (QED) is 0.159. The van der Waals surface area contributed by atoms with Gasteiger partial charge in [0.05, 0.1) is 27.8 Å². The Hall–Kier alpha value is -8.92. The first-order chi connectivity index (χ1) is 33.7. The van der Waals surface area contributed by atoms with Gasteiger partial charge in [-0.3, -0.25) is 0 Å². The maximum atomic E-state index is 6.26. The van der Waals surface area contributed by atoms with Crippen molar-refractivity contribution in [2.75, 3.05) is 4.90 Å². The first-order valence-electron chi connectivity index (χ1n) is 23.4. The average Bonchev–Trinajstić information content (AvgIpc) is 4.05. The lowest BCUT2D eigenvalue weighted by Crippen LogP contribution is -2.28. The number of fused-ring (bicyclic) bond motifs is 10. The molecule has 0 bridgehead atoms. The highest BCUT2D eigenvalue weighted by molar-refractivity contribution is 6.12. The topological polar surface area (TPSA) is 21.3 Å². The van der Waals surface area contributed by atoms with E-state index in [1.165, 1.54) is 54.9 Å². The van der Waals surface area contributed by atoms with E-state index in [0.717, 1.165) is 66.8 Å². The third-order valence-corrected chi connectivity index (χ3v) is 14.5. The van der Waals surface area contributed by atoms with Crippen LogP contribution in [0.3, 0.4) is 0 Å². The van der Waals surface area contributed by atoms with Crippen LogP contribution >= 0.6 is 0 Å². The van der Waals surface area contributed by atoms with Crippen LogP contribution < -0.4 is 4.90 Å². The summed E-state index contributed by atoms with van der Waals surface area (Å²) < 4.78 is 8.66. The molecular weight excluding hydrogens is 825 g/mol.